The van der Waals surface area contributed by atoms with E-state index in [0.29, 0.717) is 0 Å². The average Bonchev–Trinajstić information content (AvgIpc) is 3.86. The van der Waals surface area contributed by atoms with Crippen molar-refractivity contribution in [1.29, 1.82) is 0 Å². The Hall–Kier alpha value is -7.00. The number of anilines is 3. The molecule has 2 heteroatoms. The van der Waals surface area contributed by atoms with Crippen molar-refractivity contribution in [2.75, 3.05) is 4.90 Å². The zero-order valence-electron chi connectivity index (χ0n) is 33.2. The van der Waals surface area contributed by atoms with Gasteiger partial charge in [0.15, 0.2) is 8.07 Å². The molecule has 12 rings (SSSR count). The maximum atomic E-state index is 2.57. The van der Waals surface area contributed by atoms with Gasteiger partial charge in [0.1, 0.15) is 0 Å². The second kappa shape index (κ2) is 12.7. The molecule has 0 amide bonds. The topological polar surface area (TPSA) is 3.24 Å². The Balaban J connectivity index is 1.17. The molecule has 3 aliphatic rings. The molecule has 0 N–H and O–H groups in total. The number of para-hydroxylation sites is 1. The van der Waals surface area contributed by atoms with Gasteiger partial charge in [-0.1, -0.05) is 196 Å². The van der Waals surface area contributed by atoms with E-state index in [-0.39, 0.29) is 5.41 Å². The number of fused-ring (bicyclic) bond motifs is 13. The third-order valence-corrected chi connectivity index (χ3v) is 18.5. The van der Waals surface area contributed by atoms with Crippen LogP contribution >= 0.6 is 0 Å². The highest BCUT2D eigenvalue weighted by atomic mass is 28.3. The third-order valence-electron chi connectivity index (χ3n) is 13.5. The smallest absolute Gasteiger partial charge is 0.182 e. The molecule has 0 radical (unpaired) electrons. The second-order valence-electron chi connectivity index (χ2n) is 16.8. The van der Waals surface area contributed by atoms with Crippen molar-refractivity contribution < 1.29 is 0 Å². The second-order valence-corrected chi connectivity index (χ2v) is 20.4. The fourth-order valence-electron chi connectivity index (χ4n) is 11.1. The van der Waals surface area contributed by atoms with Crippen LogP contribution in [0.25, 0.3) is 55.6 Å². The van der Waals surface area contributed by atoms with Gasteiger partial charge in [0, 0.05) is 22.4 Å². The lowest BCUT2D eigenvalue weighted by molar-refractivity contribution is 0.660. The molecule has 59 heavy (non-hydrogen) atoms. The number of nitrogens with zero attached hydrogens (tertiary/aromatic N) is 1. The summed E-state index contributed by atoms with van der Waals surface area (Å²) >= 11 is 0. The molecule has 1 aliphatic carbocycles. The van der Waals surface area contributed by atoms with Crippen LogP contribution in [0.2, 0.25) is 0 Å². The Kier molecular flexibility index (Phi) is 7.36. The molecule has 0 bridgehead atoms. The Morgan fingerprint density at radius 1 is 0.339 bits per heavy atom. The van der Waals surface area contributed by atoms with Crippen molar-refractivity contribution in [3.05, 3.63) is 223 Å². The van der Waals surface area contributed by atoms with Crippen molar-refractivity contribution in [2.24, 2.45) is 0 Å². The van der Waals surface area contributed by atoms with Crippen LogP contribution < -0.4 is 25.6 Å². The van der Waals surface area contributed by atoms with Gasteiger partial charge < -0.3 is 4.90 Å². The van der Waals surface area contributed by atoms with Crippen LogP contribution in [0, 0.1) is 0 Å². The predicted octanol–water partition coefficient (Wildman–Crippen LogP) is 12.1. The Labute approximate surface area is 347 Å². The summed E-state index contributed by atoms with van der Waals surface area (Å²) in [6.07, 6.45) is 0. The van der Waals surface area contributed by atoms with Gasteiger partial charge in [-0.2, -0.15) is 0 Å². The lowest BCUT2D eigenvalue weighted by Crippen LogP contribution is -2.70. The van der Waals surface area contributed by atoms with E-state index in [1.807, 2.05) is 0 Å². The monoisotopic (exact) mass is 767 g/mol. The lowest BCUT2D eigenvalue weighted by atomic mass is 9.81. The first kappa shape index (κ1) is 34.1. The molecule has 1 nitrogen and oxygen atoms in total. The molecule has 0 unspecified atom stereocenters. The van der Waals surface area contributed by atoms with Crippen LogP contribution in [0.4, 0.5) is 17.1 Å². The molecular weight excluding hydrogens is 727 g/mol. The van der Waals surface area contributed by atoms with E-state index in [2.05, 4.69) is 231 Å². The van der Waals surface area contributed by atoms with E-state index in [1.165, 1.54) is 87.5 Å². The minimum Gasteiger partial charge on any atom is -0.310 e. The molecule has 0 aromatic heterocycles. The summed E-state index contributed by atoms with van der Waals surface area (Å²) in [5.41, 5.74) is 19.1. The number of hydrogen-bond donors (Lipinski definition) is 0. The van der Waals surface area contributed by atoms with E-state index in [0.717, 1.165) is 17.1 Å². The van der Waals surface area contributed by atoms with Crippen LogP contribution in [-0.2, 0) is 5.41 Å². The van der Waals surface area contributed by atoms with E-state index in [9.17, 15) is 0 Å². The van der Waals surface area contributed by atoms with E-state index in [1.54, 1.807) is 0 Å². The van der Waals surface area contributed by atoms with Crippen molar-refractivity contribution in [2.45, 2.75) is 19.3 Å². The van der Waals surface area contributed by atoms with Gasteiger partial charge in [-0.05, 0) is 112 Å². The van der Waals surface area contributed by atoms with Crippen LogP contribution in [0.15, 0.2) is 212 Å². The minimum absolute atomic E-state index is 0.120. The summed E-state index contributed by atoms with van der Waals surface area (Å²) in [7, 11) is -2.67. The summed E-state index contributed by atoms with van der Waals surface area (Å²) < 4.78 is 0. The average molecular weight is 768 g/mol. The molecule has 278 valence electrons. The van der Waals surface area contributed by atoms with Crippen LogP contribution in [0.5, 0.6) is 0 Å². The zero-order chi connectivity index (χ0) is 39.3. The summed E-state index contributed by atoms with van der Waals surface area (Å²) in [6, 6.07) is 79.9. The molecule has 1 spiro atoms. The van der Waals surface area contributed by atoms with Gasteiger partial charge >= 0.3 is 0 Å². The highest BCUT2D eigenvalue weighted by Gasteiger charge is 2.54. The largest absolute Gasteiger partial charge is 0.310 e. The normalized spacial score (nSPS) is 14.2. The number of rotatable bonds is 5. The number of hydrogen-bond acceptors (Lipinski definition) is 1. The lowest BCUT2D eigenvalue weighted by Gasteiger charge is -2.32. The van der Waals surface area contributed by atoms with Gasteiger partial charge in [-0.25, -0.2) is 0 Å². The van der Waals surface area contributed by atoms with Crippen molar-refractivity contribution in [3.63, 3.8) is 0 Å². The molecule has 0 saturated heterocycles. The molecular formula is C57H41NSi. The first-order valence-electron chi connectivity index (χ1n) is 20.8. The Bertz CT molecular complexity index is 3080. The number of benzene rings is 9. The molecule has 0 fully saturated rings. The molecule has 9 aromatic rings. The van der Waals surface area contributed by atoms with Gasteiger partial charge in [0.05, 0.1) is 5.69 Å². The minimum atomic E-state index is -2.67. The molecule has 2 heterocycles. The maximum absolute atomic E-state index is 2.67. The standard InChI is InChI=1S/C57H41NSi/c1-57(2)48-29-13-9-26-46(48)55-47(28-17-30-49(55)57)56-41(38-19-5-3-6-20-38)27-18-31-50(56)58(39-21-7-4-8-22-39)40-35-36-45-44-25-12-16-34-53(44)59(54(45)37-40)51-32-14-10-23-42(51)43-24-11-15-33-52(43)59/h3-37H,1-2H3. The summed E-state index contributed by atoms with van der Waals surface area (Å²) in [6.45, 7) is 4.76. The SMILES string of the molecule is CC1(C)c2ccccc2-c2c(-c3c(-c4ccccc4)cccc3N(c3ccccc3)c3ccc4c(c3)[Si]3(c5ccccc5-c5ccccc53)c3ccccc3-4)cccc21. The van der Waals surface area contributed by atoms with Crippen LogP contribution in [0.1, 0.15) is 25.0 Å². The highest BCUT2D eigenvalue weighted by molar-refractivity contribution is 7.24. The van der Waals surface area contributed by atoms with Gasteiger partial charge in [-0.15, -0.1) is 0 Å². The highest BCUT2D eigenvalue weighted by Crippen LogP contribution is 2.55. The molecule has 0 atom stereocenters. The first-order valence-corrected chi connectivity index (χ1v) is 22.8. The maximum Gasteiger partial charge on any atom is 0.182 e. The van der Waals surface area contributed by atoms with Gasteiger partial charge in [0.25, 0.3) is 0 Å². The third kappa shape index (κ3) is 4.67. The van der Waals surface area contributed by atoms with Crippen LogP contribution in [-0.4, -0.2) is 8.07 Å². The zero-order valence-corrected chi connectivity index (χ0v) is 34.2. The van der Waals surface area contributed by atoms with E-state index < -0.39 is 8.07 Å². The molecule has 0 saturated carbocycles. The summed E-state index contributed by atoms with van der Waals surface area (Å²) in [4.78, 5) is 2.53. The summed E-state index contributed by atoms with van der Waals surface area (Å²) in [5, 5.41) is 5.93. The quantitative estimate of drug-likeness (QED) is 0.158. The van der Waals surface area contributed by atoms with Gasteiger partial charge in [-0.3, -0.25) is 0 Å². The van der Waals surface area contributed by atoms with Crippen molar-refractivity contribution in [1.82, 2.24) is 0 Å². The van der Waals surface area contributed by atoms with E-state index >= 15 is 0 Å². The predicted molar refractivity (Wildman–Crippen MR) is 251 cm³/mol. The van der Waals surface area contributed by atoms with Gasteiger partial charge in [0.2, 0.25) is 0 Å². The van der Waals surface area contributed by atoms with Crippen molar-refractivity contribution in [3.8, 4) is 55.6 Å². The van der Waals surface area contributed by atoms with E-state index in [4.69, 9.17) is 0 Å². The first-order chi connectivity index (χ1) is 29.1. The Morgan fingerprint density at radius 2 is 0.831 bits per heavy atom. The van der Waals surface area contributed by atoms with Crippen LogP contribution in [0.3, 0.4) is 0 Å². The fraction of sp³-hybridized carbons (Fsp3) is 0.0526. The summed E-state index contributed by atoms with van der Waals surface area (Å²) in [5.74, 6) is 0. The molecule has 2 aliphatic heterocycles. The van der Waals surface area contributed by atoms with Crippen molar-refractivity contribution >= 4 is 45.9 Å². The Morgan fingerprint density at radius 3 is 1.49 bits per heavy atom. The molecule has 9 aromatic carbocycles. The fourth-order valence-corrected chi connectivity index (χ4v) is 16.7.